The first kappa shape index (κ1) is 12.3. The van der Waals surface area contributed by atoms with E-state index in [1.54, 1.807) is 24.2 Å². The molecule has 0 radical (unpaired) electrons. The molecule has 0 fully saturated rings. The van der Waals surface area contributed by atoms with Crippen molar-refractivity contribution in [1.29, 1.82) is 0 Å². The summed E-state index contributed by atoms with van der Waals surface area (Å²) in [6, 6.07) is 0.146. The number of hydrogen-bond donors (Lipinski definition) is 2. The van der Waals surface area contributed by atoms with Crippen molar-refractivity contribution in [2.75, 3.05) is 18.2 Å². The molecule has 0 saturated heterocycles. The van der Waals surface area contributed by atoms with Gasteiger partial charge in [0.15, 0.2) is 0 Å². The third kappa shape index (κ3) is 3.68. The maximum atomic E-state index is 9.12. The largest absolute Gasteiger partial charge is 0.395 e. The van der Waals surface area contributed by atoms with Crippen LogP contribution in [-0.4, -0.2) is 39.2 Å². The van der Waals surface area contributed by atoms with E-state index in [2.05, 4.69) is 15.3 Å². The summed E-state index contributed by atoms with van der Waals surface area (Å²) < 4.78 is 0. The van der Waals surface area contributed by atoms with E-state index in [0.29, 0.717) is 5.95 Å². The summed E-state index contributed by atoms with van der Waals surface area (Å²) in [5.41, 5.74) is 1.04. The van der Waals surface area contributed by atoms with E-state index in [4.69, 9.17) is 5.11 Å². The van der Waals surface area contributed by atoms with E-state index < -0.39 is 0 Å². The minimum absolute atomic E-state index is 0.146. The van der Waals surface area contributed by atoms with E-state index in [9.17, 15) is 0 Å². The van der Waals surface area contributed by atoms with Crippen molar-refractivity contribution in [3.8, 4) is 0 Å². The van der Waals surface area contributed by atoms with Crippen LogP contribution in [0.2, 0.25) is 0 Å². The van der Waals surface area contributed by atoms with Crippen molar-refractivity contribution in [2.45, 2.75) is 25.1 Å². The van der Waals surface area contributed by atoms with Crippen LogP contribution in [0.15, 0.2) is 12.4 Å². The van der Waals surface area contributed by atoms with Gasteiger partial charge in [-0.25, -0.2) is 9.97 Å². The number of nitrogens with zero attached hydrogens (tertiary/aromatic N) is 2. The SMILES string of the molecule is CSC(CO)C(C)Nc1ncc(C)cn1. The number of hydrogen-bond acceptors (Lipinski definition) is 5. The van der Waals surface area contributed by atoms with Gasteiger partial charge in [-0.3, -0.25) is 0 Å². The molecule has 1 aromatic rings. The monoisotopic (exact) mass is 227 g/mol. The highest BCUT2D eigenvalue weighted by molar-refractivity contribution is 7.99. The van der Waals surface area contributed by atoms with Crippen LogP contribution in [-0.2, 0) is 0 Å². The molecule has 2 atom stereocenters. The Kier molecular flexibility index (Phi) is 4.84. The van der Waals surface area contributed by atoms with Crippen molar-refractivity contribution in [3.63, 3.8) is 0 Å². The number of thioether (sulfide) groups is 1. The van der Waals surface area contributed by atoms with E-state index in [1.165, 1.54) is 0 Å². The number of nitrogens with one attached hydrogen (secondary N) is 1. The molecule has 0 spiro atoms. The van der Waals surface area contributed by atoms with Gasteiger partial charge in [0.05, 0.1) is 6.61 Å². The molecular formula is C10H17N3OS. The summed E-state index contributed by atoms with van der Waals surface area (Å²) in [5.74, 6) is 0.612. The average Bonchev–Trinajstić information content (AvgIpc) is 2.23. The second-order valence-corrected chi connectivity index (χ2v) is 4.55. The van der Waals surface area contributed by atoms with E-state index in [-0.39, 0.29) is 17.9 Å². The second-order valence-electron chi connectivity index (χ2n) is 3.47. The summed E-state index contributed by atoms with van der Waals surface area (Å²) in [5, 5.41) is 12.4. The molecule has 0 aromatic carbocycles. The minimum Gasteiger partial charge on any atom is -0.395 e. The van der Waals surface area contributed by atoms with Gasteiger partial charge in [-0.2, -0.15) is 11.8 Å². The fourth-order valence-corrected chi connectivity index (χ4v) is 1.83. The summed E-state index contributed by atoms with van der Waals surface area (Å²) in [6.07, 6.45) is 5.53. The first-order valence-corrected chi connectivity index (χ1v) is 6.15. The lowest BCUT2D eigenvalue weighted by atomic mass is 10.2. The smallest absolute Gasteiger partial charge is 0.222 e. The Morgan fingerprint density at radius 2 is 2.07 bits per heavy atom. The molecular weight excluding hydrogens is 210 g/mol. The number of anilines is 1. The topological polar surface area (TPSA) is 58.0 Å². The highest BCUT2D eigenvalue weighted by Crippen LogP contribution is 2.13. The molecule has 5 heteroatoms. The third-order valence-electron chi connectivity index (χ3n) is 2.18. The van der Waals surface area contributed by atoms with Gasteiger partial charge < -0.3 is 10.4 Å². The number of aromatic nitrogens is 2. The predicted molar refractivity (Wildman–Crippen MR) is 64.2 cm³/mol. The van der Waals surface area contributed by atoms with Crippen LogP contribution in [0, 0.1) is 6.92 Å². The van der Waals surface area contributed by atoms with Gasteiger partial charge in [0.1, 0.15) is 0 Å². The molecule has 4 nitrogen and oxygen atoms in total. The van der Waals surface area contributed by atoms with Gasteiger partial charge in [-0.05, 0) is 25.7 Å². The van der Waals surface area contributed by atoms with Crippen LogP contribution >= 0.6 is 11.8 Å². The zero-order chi connectivity index (χ0) is 11.3. The quantitative estimate of drug-likeness (QED) is 0.794. The van der Waals surface area contributed by atoms with Gasteiger partial charge >= 0.3 is 0 Å². The van der Waals surface area contributed by atoms with Crippen LogP contribution in [0.4, 0.5) is 5.95 Å². The van der Waals surface area contributed by atoms with E-state index in [1.807, 2.05) is 20.1 Å². The van der Waals surface area contributed by atoms with Crippen molar-refractivity contribution in [1.82, 2.24) is 9.97 Å². The van der Waals surface area contributed by atoms with Gasteiger partial charge in [0.2, 0.25) is 5.95 Å². The zero-order valence-electron chi connectivity index (χ0n) is 9.27. The highest BCUT2D eigenvalue weighted by atomic mass is 32.2. The molecule has 84 valence electrons. The summed E-state index contributed by atoms with van der Waals surface area (Å²) >= 11 is 1.63. The molecule has 15 heavy (non-hydrogen) atoms. The summed E-state index contributed by atoms with van der Waals surface area (Å²) in [4.78, 5) is 8.31. The molecule has 1 aromatic heterocycles. The molecule has 0 aliphatic carbocycles. The Bertz CT molecular complexity index is 287. The molecule has 2 N–H and O–H groups in total. The fourth-order valence-electron chi connectivity index (χ4n) is 1.20. The Morgan fingerprint density at radius 3 is 2.53 bits per heavy atom. The molecule has 0 saturated carbocycles. The van der Waals surface area contributed by atoms with Crippen LogP contribution in [0.25, 0.3) is 0 Å². The first-order valence-electron chi connectivity index (χ1n) is 4.86. The highest BCUT2D eigenvalue weighted by Gasteiger charge is 2.15. The van der Waals surface area contributed by atoms with Crippen molar-refractivity contribution >= 4 is 17.7 Å². The molecule has 1 heterocycles. The maximum absolute atomic E-state index is 9.12. The Labute approximate surface area is 94.5 Å². The maximum Gasteiger partial charge on any atom is 0.222 e. The lowest BCUT2D eigenvalue weighted by molar-refractivity contribution is 0.288. The van der Waals surface area contributed by atoms with Gasteiger partial charge in [0, 0.05) is 23.7 Å². The van der Waals surface area contributed by atoms with Crippen LogP contribution in [0.1, 0.15) is 12.5 Å². The average molecular weight is 227 g/mol. The standard InChI is InChI=1S/C10H17N3OS/c1-7-4-11-10(12-5-7)13-8(2)9(6-14)15-3/h4-5,8-9,14H,6H2,1-3H3,(H,11,12,13). The third-order valence-corrected chi connectivity index (χ3v) is 3.34. The minimum atomic E-state index is 0.146. The first-order chi connectivity index (χ1) is 7.17. The predicted octanol–water partition coefficient (Wildman–Crippen LogP) is 1.31. The normalized spacial score (nSPS) is 14.7. The van der Waals surface area contributed by atoms with E-state index >= 15 is 0 Å². The number of aryl methyl sites for hydroxylation is 1. The van der Waals surface area contributed by atoms with Crippen molar-refractivity contribution in [2.24, 2.45) is 0 Å². The van der Waals surface area contributed by atoms with Crippen LogP contribution < -0.4 is 5.32 Å². The van der Waals surface area contributed by atoms with E-state index in [0.717, 1.165) is 5.56 Å². The Balaban J connectivity index is 2.57. The zero-order valence-corrected chi connectivity index (χ0v) is 10.1. The Hall–Kier alpha value is -0.810. The summed E-state index contributed by atoms with van der Waals surface area (Å²) in [6.45, 7) is 4.12. The van der Waals surface area contributed by atoms with Gasteiger partial charge in [0.25, 0.3) is 0 Å². The van der Waals surface area contributed by atoms with Crippen LogP contribution in [0.5, 0.6) is 0 Å². The lowest BCUT2D eigenvalue weighted by Gasteiger charge is -2.21. The molecule has 1 rings (SSSR count). The molecule has 0 aliphatic rings. The lowest BCUT2D eigenvalue weighted by Crippen LogP contribution is -2.31. The fraction of sp³-hybridized carbons (Fsp3) is 0.600. The molecule has 0 amide bonds. The molecule has 2 unspecified atom stereocenters. The second kappa shape index (κ2) is 5.92. The van der Waals surface area contributed by atoms with Crippen molar-refractivity contribution in [3.05, 3.63) is 18.0 Å². The number of aliphatic hydroxyl groups excluding tert-OH is 1. The molecule has 0 aliphatic heterocycles. The van der Waals surface area contributed by atoms with Crippen LogP contribution in [0.3, 0.4) is 0 Å². The van der Waals surface area contributed by atoms with Gasteiger partial charge in [-0.15, -0.1) is 0 Å². The molecule has 0 bridgehead atoms. The Morgan fingerprint density at radius 1 is 1.47 bits per heavy atom. The van der Waals surface area contributed by atoms with Gasteiger partial charge in [-0.1, -0.05) is 0 Å². The number of aliphatic hydroxyl groups is 1. The summed E-state index contributed by atoms with van der Waals surface area (Å²) in [7, 11) is 0. The number of rotatable bonds is 5. The van der Waals surface area contributed by atoms with Crippen molar-refractivity contribution < 1.29 is 5.11 Å².